The minimum Gasteiger partial charge on any atom is -0.478 e. The first-order valence-electron chi connectivity index (χ1n) is 6.47. The van der Waals surface area contributed by atoms with Crippen LogP contribution in [0.3, 0.4) is 0 Å². The summed E-state index contributed by atoms with van der Waals surface area (Å²) >= 11 is 3.20. The molecule has 0 atom stereocenters. The van der Waals surface area contributed by atoms with Crippen LogP contribution in [0.5, 0.6) is 0 Å². The summed E-state index contributed by atoms with van der Waals surface area (Å²) in [5, 5.41) is 9.04. The average Bonchev–Trinajstić information content (AvgIpc) is 2.29. The first-order chi connectivity index (χ1) is 9.44. The Hall–Kier alpha value is -0.920. The topological polar surface area (TPSA) is 83.5 Å². The molecule has 0 aliphatic rings. The molecule has 1 rings (SSSR count). The van der Waals surface area contributed by atoms with Gasteiger partial charge < -0.3 is 5.11 Å². The van der Waals surface area contributed by atoms with E-state index in [-0.39, 0.29) is 15.9 Å². The fourth-order valence-electron chi connectivity index (χ4n) is 1.69. The van der Waals surface area contributed by atoms with E-state index < -0.39 is 16.0 Å². The van der Waals surface area contributed by atoms with Gasteiger partial charge in [-0.2, -0.15) is 0 Å². The van der Waals surface area contributed by atoms with E-state index in [1.807, 2.05) is 20.8 Å². The quantitative estimate of drug-likeness (QED) is 0.825. The van der Waals surface area contributed by atoms with E-state index in [0.717, 1.165) is 0 Å². The van der Waals surface area contributed by atoms with E-state index in [0.29, 0.717) is 23.0 Å². The van der Waals surface area contributed by atoms with Gasteiger partial charge in [0.25, 0.3) is 0 Å². The highest BCUT2D eigenvalue weighted by Gasteiger charge is 2.21. The fourth-order valence-corrected chi connectivity index (χ4v) is 3.61. The van der Waals surface area contributed by atoms with Crippen LogP contribution in [0.15, 0.2) is 21.5 Å². The Balaban J connectivity index is 3.11. The van der Waals surface area contributed by atoms with Crippen molar-refractivity contribution in [3.8, 4) is 0 Å². The normalized spacial score (nSPS) is 12.4. The number of hydrogen-bond donors (Lipinski definition) is 2. The molecule has 2 N–H and O–H groups in total. The number of sulfonamides is 1. The Bertz CT molecular complexity index is 648. The minimum absolute atomic E-state index is 0.0109. The van der Waals surface area contributed by atoms with E-state index in [1.165, 1.54) is 12.1 Å². The molecule has 118 valence electrons. The van der Waals surface area contributed by atoms with Crippen molar-refractivity contribution < 1.29 is 18.3 Å². The first-order valence-corrected chi connectivity index (χ1v) is 8.75. The van der Waals surface area contributed by atoms with Crippen molar-refractivity contribution in [1.82, 2.24) is 4.72 Å². The molecule has 0 fully saturated rings. The lowest BCUT2D eigenvalue weighted by Crippen LogP contribution is -2.28. The van der Waals surface area contributed by atoms with Crippen LogP contribution in [0.25, 0.3) is 0 Å². The maximum absolute atomic E-state index is 12.3. The standard InChI is InChI=1S/C14H20BrNO4S/c1-9-11(15)7-10(13(17)18)8-12(9)21(19,20)16-6-5-14(2,3)4/h7-8,16H,5-6H2,1-4H3,(H,17,18). The molecular formula is C14H20BrNO4S. The first kappa shape index (κ1) is 18.1. The number of carboxylic acids is 1. The zero-order valence-corrected chi connectivity index (χ0v) is 14.9. The molecular weight excluding hydrogens is 358 g/mol. The summed E-state index contributed by atoms with van der Waals surface area (Å²) in [7, 11) is -3.74. The Labute approximate surface area is 133 Å². The fraction of sp³-hybridized carbons (Fsp3) is 0.500. The number of carboxylic acid groups (broad SMARTS) is 1. The summed E-state index contributed by atoms with van der Waals surface area (Å²) in [4.78, 5) is 11.0. The Morgan fingerprint density at radius 3 is 2.38 bits per heavy atom. The van der Waals surface area contributed by atoms with E-state index in [2.05, 4.69) is 20.7 Å². The maximum atomic E-state index is 12.3. The monoisotopic (exact) mass is 377 g/mol. The molecule has 0 saturated carbocycles. The second-order valence-corrected chi connectivity index (χ2v) is 8.68. The predicted molar refractivity (Wildman–Crippen MR) is 85.1 cm³/mol. The molecule has 0 aliphatic carbocycles. The molecule has 0 amide bonds. The number of hydrogen-bond acceptors (Lipinski definition) is 3. The lowest BCUT2D eigenvalue weighted by molar-refractivity contribution is 0.0696. The van der Waals surface area contributed by atoms with E-state index >= 15 is 0 Å². The molecule has 1 aromatic carbocycles. The second-order valence-electron chi connectivity index (χ2n) is 6.09. The predicted octanol–water partition coefficient (Wildman–Crippen LogP) is 3.17. The van der Waals surface area contributed by atoms with Gasteiger partial charge in [-0.1, -0.05) is 36.7 Å². The largest absolute Gasteiger partial charge is 0.478 e. The lowest BCUT2D eigenvalue weighted by Gasteiger charge is -2.18. The number of halogens is 1. The van der Waals surface area contributed by atoms with Gasteiger partial charge in [-0.25, -0.2) is 17.9 Å². The Kier molecular flexibility index (Phi) is 5.57. The summed E-state index contributed by atoms with van der Waals surface area (Å²) in [6.45, 7) is 8.00. The van der Waals surface area contributed by atoms with Crippen LogP contribution in [0.2, 0.25) is 0 Å². The number of rotatable bonds is 5. The van der Waals surface area contributed by atoms with Crippen molar-refractivity contribution in [2.75, 3.05) is 6.54 Å². The molecule has 5 nitrogen and oxygen atoms in total. The summed E-state index contributed by atoms with van der Waals surface area (Å²) in [6, 6.07) is 2.58. The molecule has 0 radical (unpaired) electrons. The van der Waals surface area contributed by atoms with Gasteiger partial charge in [-0.05, 0) is 36.5 Å². The molecule has 0 unspecified atom stereocenters. The molecule has 21 heavy (non-hydrogen) atoms. The number of benzene rings is 1. The van der Waals surface area contributed by atoms with Crippen LogP contribution in [-0.2, 0) is 10.0 Å². The SMILES string of the molecule is Cc1c(Br)cc(C(=O)O)cc1S(=O)(=O)NCCC(C)(C)C. The Morgan fingerprint density at radius 2 is 1.90 bits per heavy atom. The van der Waals surface area contributed by atoms with Crippen LogP contribution in [0.4, 0.5) is 0 Å². The summed E-state index contributed by atoms with van der Waals surface area (Å²) < 4.78 is 27.7. The summed E-state index contributed by atoms with van der Waals surface area (Å²) in [5.41, 5.74) is 0.438. The van der Waals surface area contributed by atoms with Crippen molar-refractivity contribution in [3.05, 3.63) is 27.7 Å². The molecule has 0 aliphatic heterocycles. The smallest absolute Gasteiger partial charge is 0.335 e. The third kappa shape index (κ3) is 5.09. The third-order valence-corrected chi connectivity index (χ3v) is 5.41. The zero-order chi connectivity index (χ0) is 16.4. The molecule has 1 aromatic rings. The molecule has 7 heteroatoms. The summed E-state index contributed by atoms with van der Waals surface area (Å²) in [6.07, 6.45) is 0.686. The second kappa shape index (κ2) is 6.46. The van der Waals surface area contributed by atoms with Gasteiger partial charge in [0.2, 0.25) is 10.0 Å². The van der Waals surface area contributed by atoms with Crippen molar-refractivity contribution in [1.29, 1.82) is 0 Å². The molecule has 0 aromatic heterocycles. The highest BCUT2D eigenvalue weighted by atomic mass is 79.9. The van der Waals surface area contributed by atoms with E-state index in [4.69, 9.17) is 5.11 Å². The average molecular weight is 378 g/mol. The van der Waals surface area contributed by atoms with Crippen molar-refractivity contribution in [2.45, 2.75) is 39.0 Å². The highest BCUT2D eigenvalue weighted by Crippen LogP contribution is 2.26. The van der Waals surface area contributed by atoms with Crippen LogP contribution < -0.4 is 4.72 Å². The van der Waals surface area contributed by atoms with Gasteiger partial charge in [0.05, 0.1) is 10.5 Å². The number of aromatic carboxylic acids is 1. The lowest BCUT2D eigenvalue weighted by atomic mass is 9.93. The zero-order valence-electron chi connectivity index (χ0n) is 12.5. The van der Waals surface area contributed by atoms with Gasteiger partial charge in [-0.15, -0.1) is 0 Å². The molecule has 0 bridgehead atoms. The van der Waals surface area contributed by atoms with Crippen LogP contribution in [0.1, 0.15) is 43.1 Å². The van der Waals surface area contributed by atoms with Gasteiger partial charge in [0, 0.05) is 11.0 Å². The molecule has 0 saturated heterocycles. The minimum atomic E-state index is -3.74. The summed E-state index contributed by atoms with van der Waals surface area (Å²) in [5.74, 6) is -1.16. The number of carbonyl (C=O) groups is 1. The maximum Gasteiger partial charge on any atom is 0.335 e. The van der Waals surface area contributed by atoms with Crippen molar-refractivity contribution in [2.24, 2.45) is 5.41 Å². The highest BCUT2D eigenvalue weighted by molar-refractivity contribution is 9.10. The van der Waals surface area contributed by atoms with Crippen LogP contribution in [0, 0.1) is 12.3 Å². The third-order valence-electron chi connectivity index (χ3n) is 3.00. The van der Waals surface area contributed by atoms with Crippen LogP contribution in [-0.4, -0.2) is 26.0 Å². The van der Waals surface area contributed by atoms with Crippen LogP contribution >= 0.6 is 15.9 Å². The van der Waals surface area contributed by atoms with Gasteiger partial charge >= 0.3 is 5.97 Å². The van der Waals surface area contributed by atoms with Crippen molar-refractivity contribution >= 4 is 31.9 Å². The van der Waals surface area contributed by atoms with Gasteiger partial charge in [-0.3, -0.25) is 0 Å². The van der Waals surface area contributed by atoms with Crippen molar-refractivity contribution in [3.63, 3.8) is 0 Å². The van der Waals surface area contributed by atoms with Gasteiger partial charge in [0.1, 0.15) is 0 Å². The number of nitrogens with one attached hydrogen (secondary N) is 1. The molecule has 0 spiro atoms. The van der Waals surface area contributed by atoms with Gasteiger partial charge in [0.15, 0.2) is 0 Å². The molecule has 0 heterocycles. The Morgan fingerprint density at radius 1 is 1.33 bits per heavy atom. The van der Waals surface area contributed by atoms with E-state index in [9.17, 15) is 13.2 Å². The van der Waals surface area contributed by atoms with E-state index in [1.54, 1.807) is 6.92 Å².